The summed E-state index contributed by atoms with van der Waals surface area (Å²) in [7, 11) is 0. The molecule has 2 N–H and O–H groups in total. The Morgan fingerprint density at radius 2 is 2.12 bits per heavy atom. The Labute approximate surface area is 173 Å². The molecule has 0 unspecified atom stereocenters. The normalized spacial score (nSPS) is 11.2. The fourth-order valence-corrected chi connectivity index (χ4v) is 4.57. The molecular weight excluding hydrogens is 537 g/mol. The van der Waals surface area contributed by atoms with E-state index < -0.39 is 10.8 Å². The van der Waals surface area contributed by atoms with E-state index in [2.05, 4.69) is 26.5 Å². The number of hydrogen-bond donors (Lipinski definition) is 2. The number of nitro groups is 1. The number of carbonyl (C=O) groups excluding carboxylic acids is 1. The molecule has 3 aromatic rings. The molecule has 0 spiro atoms. The standard InChI is InChI=1S/C16H9BrIN3O4S/c17-11-3-8(4-12(18)15(11)22)7-19-20-16(23)14-6-9-5-10(21(24)25)1-2-13(9)26-14/h1-7,22H,(H,20,23)/b19-7-. The first kappa shape index (κ1) is 18.7. The zero-order valence-corrected chi connectivity index (χ0v) is 17.3. The number of amides is 1. The van der Waals surface area contributed by atoms with Gasteiger partial charge in [-0.3, -0.25) is 14.9 Å². The Balaban J connectivity index is 1.76. The molecule has 0 bridgehead atoms. The summed E-state index contributed by atoms with van der Waals surface area (Å²) in [4.78, 5) is 23.0. The van der Waals surface area contributed by atoms with Crippen LogP contribution in [-0.4, -0.2) is 22.2 Å². The predicted molar refractivity (Wildman–Crippen MR) is 112 cm³/mol. The van der Waals surface area contributed by atoms with Crippen molar-refractivity contribution in [1.82, 2.24) is 5.43 Å². The summed E-state index contributed by atoms with van der Waals surface area (Å²) in [5.41, 5.74) is 3.11. The van der Waals surface area contributed by atoms with Gasteiger partial charge < -0.3 is 5.11 Å². The molecule has 0 aliphatic carbocycles. The van der Waals surface area contributed by atoms with E-state index in [0.29, 0.717) is 23.9 Å². The van der Waals surface area contributed by atoms with Crippen LogP contribution in [0.1, 0.15) is 15.2 Å². The third-order valence-corrected chi connectivity index (χ3v) is 5.90. The van der Waals surface area contributed by atoms with Crippen molar-refractivity contribution < 1.29 is 14.8 Å². The second kappa shape index (κ2) is 7.68. The molecule has 1 aromatic heterocycles. The van der Waals surface area contributed by atoms with Crippen molar-refractivity contribution in [3.63, 3.8) is 0 Å². The van der Waals surface area contributed by atoms with Gasteiger partial charge in [0.2, 0.25) is 0 Å². The lowest BCUT2D eigenvalue weighted by molar-refractivity contribution is -0.384. The van der Waals surface area contributed by atoms with Crippen molar-refractivity contribution in [2.75, 3.05) is 0 Å². The molecule has 0 aliphatic heterocycles. The Morgan fingerprint density at radius 1 is 1.35 bits per heavy atom. The van der Waals surface area contributed by atoms with Crippen molar-refractivity contribution in [3.05, 3.63) is 65.0 Å². The molecule has 0 aliphatic rings. The molecule has 0 saturated carbocycles. The number of phenols is 1. The average molecular weight is 546 g/mol. The first-order valence-corrected chi connectivity index (χ1v) is 9.73. The summed E-state index contributed by atoms with van der Waals surface area (Å²) < 4.78 is 1.96. The topological polar surface area (TPSA) is 105 Å². The molecule has 1 amide bonds. The number of rotatable bonds is 4. The lowest BCUT2D eigenvalue weighted by Crippen LogP contribution is -2.16. The van der Waals surface area contributed by atoms with Crippen molar-refractivity contribution in [2.24, 2.45) is 5.10 Å². The smallest absolute Gasteiger partial charge is 0.281 e. The number of benzene rings is 2. The second-order valence-corrected chi connectivity index (χ2v) is 8.22. The number of carbonyl (C=O) groups is 1. The van der Waals surface area contributed by atoms with Crippen molar-refractivity contribution in [2.45, 2.75) is 0 Å². The molecule has 3 rings (SSSR count). The Bertz CT molecular complexity index is 1040. The van der Waals surface area contributed by atoms with E-state index in [-0.39, 0.29) is 11.4 Å². The van der Waals surface area contributed by atoms with Crippen LogP contribution in [0.3, 0.4) is 0 Å². The number of phenolic OH excluding ortho intramolecular Hbond substituents is 1. The maximum absolute atomic E-state index is 12.2. The van der Waals surface area contributed by atoms with Gasteiger partial charge in [-0.15, -0.1) is 11.3 Å². The maximum atomic E-state index is 12.2. The van der Waals surface area contributed by atoms with Crippen LogP contribution in [0.25, 0.3) is 10.1 Å². The molecule has 132 valence electrons. The Hall–Kier alpha value is -2.05. The monoisotopic (exact) mass is 545 g/mol. The van der Waals surface area contributed by atoms with Crippen LogP contribution in [0.15, 0.2) is 46.0 Å². The van der Waals surface area contributed by atoms with Gasteiger partial charge in [-0.05, 0) is 68.3 Å². The largest absolute Gasteiger partial charge is 0.506 e. The summed E-state index contributed by atoms with van der Waals surface area (Å²) in [6.07, 6.45) is 1.46. The van der Waals surface area contributed by atoms with Crippen LogP contribution in [0, 0.1) is 13.7 Å². The number of nitrogens with one attached hydrogen (secondary N) is 1. The Kier molecular flexibility index (Phi) is 5.53. The highest BCUT2D eigenvalue weighted by Gasteiger charge is 2.13. The zero-order valence-electron chi connectivity index (χ0n) is 12.8. The second-order valence-electron chi connectivity index (χ2n) is 5.12. The molecule has 0 atom stereocenters. The fraction of sp³-hybridized carbons (Fsp3) is 0. The maximum Gasteiger partial charge on any atom is 0.281 e. The van der Waals surface area contributed by atoms with Crippen LogP contribution in [-0.2, 0) is 0 Å². The van der Waals surface area contributed by atoms with Gasteiger partial charge in [0.1, 0.15) is 5.75 Å². The van der Waals surface area contributed by atoms with Crippen molar-refractivity contribution in [3.8, 4) is 5.75 Å². The molecule has 10 heteroatoms. The van der Waals surface area contributed by atoms with Gasteiger partial charge in [0.15, 0.2) is 0 Å². The number of fused-ring (bicyclic) bond motifs is 1. The summed E-state index contributed by atoms with van der Waals surface area (Å²) in [5.74, 6) is -0.260. The zero-order chi connectivity index (χ0) is 18.8. The quantitative estimate of drug-likeness (QED) is 0.215. The molecule has 0 fully saturated rings. The van der Waals surface area contributed by atoms with Gasteiger partial charge in [-0.25, -0.2) is 5.43 Å². The summed E-state index contributed by atoms with van der Waals surface area (Å²) >= 11 is 6.46. The van der Waals surface area contributed by atoms with Gasteiger partial charge in [-0.1, -0.05) is 0 Å². The number of hydrazone groups is 1. The van der Waals surface area contributed by atoms with Crippen LogP contribution in [0.5, 0.6) is 5.75 Å². The molecule has 0 radical (unpaired) electrons. The minimum absolute atomic E-state index is 0.0206. The van der Waals surface area contributed by atoms with E-state index in [0.717, 1.165) is 4.70 Å². The minimum Gasteiger partial charge on any atom is -0.506 e. The molecule has 1 heterocycles. The van der Waals surface area contributed by atoms with E-state index in [1.807, 2.05) is 22.6 Å². The van der Waals surface area contributed by atoms with Gasteiger partial charge >= 0.3 is 0 Å². The molecule has 2 aromatic carbocycles. The molecule has 0 saturated heterocycles. The van der Waals surface area contributed by atoms with E-state index in [1.165, 1.54) is 29.7 Å². The summed E-state index contributed by atoms with van der Waals surface area (Å²) in [5, 5.41) is 25.1. The number of hydrogen-bond acceptors (Lipinski definition) is 6. The fourth-order valence-electron chi connectivity index (χ4n) is 2.14. The van der Waals surface area contributed by atoms with E-state index in [4.69, 9.17) is 0 Å². The lowest BCUT2D eigenvalue weighted by Gasteiger charge is -2.02. The van der Waals surface area contributed by atoms with Gasteiger partial charge in [-0.2, -0.15) is 5.10 Å². The van der Waals surface area contributed by atoms with Gasteiger partial charge in [0.25, 0.3) is 11.6 Å². The number of aromatic hydroxyl groups is 1. The van der Waals surface area contributed by atoms with Crippen LogP contribution in [0.4, 0.5) is 5.69 Å². The number of nitro benzene ring substituents is 1. The van der Waals surface area contributed by atoms with Crippen molar-refractivity contribution in [1.29, 1.82) is 0 Å². The third-order valence-electron chi connectivity index (χ3n) is 3.35. The third kappa shape index (κ3) is 4.02. The van der Waals surface area contributed by atoms with Gasteiger partial charge in [0, 0.05) is 22.2 Å². The average Bonchev–Trinajstić information content (AvgIpc) is 3.02. The number of non-ortho nitro benzene ring substituents is 1. The molecule has 26 heavy (non-hydrogen) atoms. The van der Waals surface area contributed by atoms with Gasteiger partial charge in [0.05, 0.1) is 24.1 Å². The van der Waals surface area contributed by atoms with Crippen molar-refractivity contribution >= 4 is 77.8 Å². The first-order chi connectivity index (χ1) is 12.3. The van der Waals surface area contributed by atoms with E-state index in [9.17, 15) is 20.0 Å². The first-order valence-electron chi connectivity index (χ1n) is 7.04. The van der Waals surface area contributed by atoms with Crippen LogP contribution in [0.2, 0.25) is 0 Å². The molecular formula is C16H9BrIN3O4S. The summed E-state index contributed by atoms with van der Waals surface area (Å²) in [6, 6.07) is 9.44. The predicted octanol–water partition coefficient (Wildman–Crippen LogP) is 4.65. The van der Waals surface area contributed by atoms with Crippen LogP contribution >= 0.6 is 49.9 Å². The number of nitrogens with zero attached hydrogens (tertiary/aromatic N) is 2. The SMILES string of the molecule is O=C(N/N=C\c1cc(Br)c(O)c(I)c1)c1cc2cc([N+](=O)[O-])ccc2s1. The number of halogens is 2. The van der Waals surface area contributed by atoms with Crippen LogP contribution < -0.4 is 5.43 Å². The molecule has 7 nitrogen and oxygen atoms in total. The Morgan fingerprint density at radius 3 is 2.81 bits per heavy atom. The minimum atomic E-state index is -0.474. The highest BCUT2D eigenvalue weighted by atomic mass is 127. The van der Waals surface area contributed by atoms with E-state index in [1.54, 1.807) is 24.3 Å². The number of thiophene rings is 1. The van der Waals surface area contributed by atoms with E-state index >= 15 is 0 Å². The highest BCUT2D eigenvalue weighted by molar-refractivity contribution is 14.1. The summed E-state index contributed by atoms with van der Waals surface area (Å²) in [6.45, 7) is 0. The highest BCUT2D eigenvalue weighted by Crippen LogP contribution is 2.30. The lowest BCUT2D eigenvalue weighted by atomic mass is 10.2.